The topological polar surface area (TPSA) is 28.2 Å². The first-order valence-corrected chi connectivity index (χ1v) is 6.12. The summed E-state index contributed by atoms with van der Waals surface area (Å²) in [7, 11) is 1.96. The van der Waals surface area contributed by atoms with Gasteiger partial charge in [0.2, 0.25) is 0 Å². The van der Waals surface area contributed by atoms with Crippen LogP contribution in [0.2, 0.25) is 0 Å². The molecule has 0 saturated carbocycles. The number of hydrogen-bond donors (Lipinski definition) is 1. The molecule has 0 amide bonds. The smallest absolute Gasteiger partial charge is 0.0544 e. The minimum Gasteiger partial charge on any atom is -0.316 e. The molecule has 88 valence electrons. The summed E-state index contributed by atoms with van der Waals surface area (Å²) < 4.78 is 0. The highest BCUT2D eigenvalue weighted by molar-refractivity contribution is 5.14. The van der Waals surface area contributed by atoms with Gasteiger partial charge in [-0.3, -0.25) is 9.88 Å². The van der Waals surface area contributed by atoms with Crippen molar-refractivity contribution in [2.75, 3.05) is 13.6 Å². The summed E-state index contributed by atoms with van der Waals surface area (Å²) in [4.78, 5) is 7.03. The summed E-state index contributed by atoms with van der Waals surface area (Å²) in [6.07, 6.45) is 4.64. The zero-order valence-electron chi connectivity index (χ0n) is 10.2. The molecule has 0 bridgehead atoms. The molecule has 0 spiro atoms. The number of nitrogens with one attached hydrogen (secondary N) is 1. The third kappa shape index (κ3) is 2.80. The highest BCUT2D eigenvalue weighted by atomic mass is 15.2. The van der Waals surface area contributed by atoms with Gasteiger partial charge in [-0.1, -0.05) is 6.07 Å². The van der Waals surface area contributed by atoms with E-state index >= 15 is 0 Å². The first-order chi connectivity index (χ1) is 7.79. The predicted molar refractivity (Wildman–Crippen MR) is 66.1 cm³/mol. The van der Waals surface area contributed by atoms with Crippen LogP contribution in [-0.2, 0) is 13.1 Å². The van der Waals surface area contributed by atoms with Gasteiger partial charge in [0, 0.05) is 25.3 Å². The Hall–Kier alpha value is -0.930. The summed E-state index contributed by atoms with van der Waals surface area (Å²) in [5.74, 6) is 0. The van der Waals surface area contributed by atoms with Gasteiger partial charge in [-0.25, -0.2) is 0 Å². The fourth-order valence-corrected chi connectivity index (χ4v) is 2.29. The predicted octanol–water partition coefficient (Wildman–Crippen LogP) is 1.79. The summed E-state index contributed by atoms with van der Waals surface area (Å²) in [5, 5.41) is 3.13. The standard InChI is InChI=1S/C13H21N3/c1-11-4-3-7-16(11)10-13-6-5-12(8-14-2)9-15-13/h5-6,9,11,14H,3-4,7-8,10H2,1-2H3. The zero-order chi connectivity index (χ0) is 11.4. The van der Waals surface area contributed by atoms with Crippen LogP contribution in [0.25, 0.3) is 0 Å². The number of nitrogens with zero attached hydrogens (tertiary/aromatic N) is 2. The molecule has 1 aromatic rings. The molecule has 2 rings (SSSR count). The maximum absolute atomic E-state index is 4.51. The molecule has 0 aromatic carbocycles. The average Bonchev–Trinajstić information content (AvgIpc) is 2.68. The van der Waals surface area contributed by atoms with Gasteiger partial charge in [0.05, 0.1) is 5.69 Å². The monoisotopic (exact) mass is 219 g/mol. The van der Waals surface area contributed by atoms with Crippen molar-refractivity contribution >= 4 is 0 Å². The number of pyridine rings is 1. The molecule has 1 saturated heterocycles. The Balaban J connectivity index is 1.94. The Kier molecular flexibility index (Phi) is 3.91. The van der Waals surface area contributed by atoms with E-state index in [1.54, 1.807) is 0 Å². The number of aromatic nitrogens is 1. The van der Waals surface area contributed by atoms with Crippen LogP contribution in [0.1, 0.15) is 31.0 Å². The zero-order valence-corrected chi connectivity index (χ0v) is 10.2. The van der Waals surface area contributed by atoms with Gasteiger partial charge in [0.15, 0.2) is 0 Å². The Bertz CT molecular complexity index is 320. The Morgan fingerprint density at radius 3 is 2.94 bits per heavy atom. The van der Waals surface area contributed by atoms with Crippen LogP contribution in [0.4, 0.5) is 0 Å². The number of likely N-dealkylation sites (tertiary alicyclic amines) is 1. The molecule has 1 N–H and O–H groups in total. The number of hydrogen-bond acceptors (Lipinski definition) is 3. The second kappa shape index (κ2) is 5.41. The van der Waals surface area contributed by atoms with E-state index in [2.05, 4.69) is 34.3 Å². The average molecular weight is 219 g/mol. The van der Waals surface area contributed by atoms with Gasteiger partial charge in [-0.05, 0) is 45.0 Å². The van der Waals surface area contributed by atoms with Crippen LogP contribution in [0.5, 0.6) is 0 Å². The van der Waals surface area contributed by atoms with E-state index in [-0.39, 0.29) is 0 Å². The fraction of sp³-hybridized carbons (Fsp3) is 0.615. The molecule has 1 atom stereocenters. The van der Waals surface area contributed by atoms with Crippen molar-refractivity contribution in [1.29, 1.82) is 0 Å². The van der Waals surface area contributed by atoms with E-state index in [1.165, 1.54) is 30.6 Å². The third-order valence-electron chi connectivity index (χ3n) is 3.32. The van der Waals surface area contributed by atoms with Crippen molar-refractivity contribution in [1.82, 2.24) is 15.2 Å². The molecule has 0 radical (unpaired) electrons. The van der Waals surface area contributed by atoms with Crippen LogP contribution in [0, 0.1) is 0 Å². The van der Waals surface area contributed by atoms with Crippen LogP contribution in [0.15, 0.2) is 18.3 Å². The Morgan fingerprint density at radius 2 is 2.38 bits per heavy atom. The summed E-state index contributed by atoms with van der Waals surface area (Å²) in [5.41, 5.74) is 2.44. The van der Waals surface area contributed by atoms with Gasteiger partial charge >= 0.3 is 0 Å². The van der Waals surface area contributed by atoms with E-state index in [0.717, 1.165) is 19.1 Å². The van der Waals surface area contributed by atoms with Crippen LogP contribution < -0.4 is 5.32 Å². The Morgan fingerprint density at radius 1 is 1.50 bits per heavy atom. The van der Waals surface area contributed by atoms with Crippen molar-refractivity contribution in [3.63, 3.8) is 0 Å². The molecule has 3 nitrogen and oxygen atoms in total. The van der Waals surface area contributed by atoms with E-state index in [0.29, 0.717) is 0 Å². The lowest BCUT2D eigenvalue weighted by Crippen LogP contribution is -2.26. The first kappa shape index (κ1) is 11.6. The Labute approximate surface area is 97.9 Å². The van der Waals surface area contributed by atoms with Gasteiger partial charge in [0.1, 0.15) is 0 Å². The molecule has 0 aliphatic carbocycles. The second-order valence-corrected chi connectivity index (χ2v) is 4.65. The highest BCUT2D eigenvalue weighted by Gasteiger charge is 2.20. The van der Waals surface area contributed by atoms with Gasteiger partial charge < -0.3 is 5.32 Å². The lowest BCUT2D eigenvalue weighted by Gasteiger charge is -2.20. The maximum Gasteiger partial charge on any atom is 0.0544 e. The van der Waals surface area contributed by atoms with E-state index < -0.39 is 0 Å². The van der Waals surface area contributed by atoms with Crippen molar-refractivity contribution in [3.05, 3.63) is 29.6 Å². The molecular weight excluding hydrogens is 198 g/mol. The molecule has 1 aromatic heterocycles. The van der Waals surface area contributed by atoms with Crippen LogP contribution in [-0.4, -0.2) is 29.5 Å². The lowest BCUT2D eigenvalue weighted by molar-refractivity contribution is 0.257. The third-order valence-corrected chi connectivity index (χ3v) is 3.32. The van der Waals surface area contributed by atoms with Gasteiger partial charge in [-0.2, -0.15) is 0 Å². The molecule has 1 aliphatic rings. The van der Waals surface area contributed by atoms with E-state index in [1.807, 2.05) is 13.2 Å². The minimum atomic E-state index is 0.721. The molecule has 16 heavy (non-hydrogen) atoms. The molecule has 1 fully saturated rings. The number of rotatable bonds is 4. The van der Waals surface area contributed by atoms with Crippen molar-refractivity contribution in [2.45, 2.75) is 38.9 Å². The normalized spacial score (nSPS) is 21.5. The lowest BCUT2D eigenvalue weighted by atomic mass is 10.2. The fourth-order valence-electron chi connectivity index (χ4n) is 2.29. The summed E-state index contributed by atoms with van der Waals surface area (Å²) in [6, 6.07) is 5.04. The summed E-state index contributed by atoms with van der Waals surface area (Å²) in [6.45, 7) is 5.43. The molecule has 3 heteroatoms. The van der Waals surface area contributed by atoms with E-state index in [9.17, 15) is 0 Å². The van der Waals surface area contributed by atoms with Crippen molar-refractivity contribution < 1.29 is 0 Å². The molecule has 1 aliphatic heterocycles. The van der Waals surface area contributed by atoms with Crippen LogP contribution >= 0.6 is 0 Å². The second-order valence-electron chi connectivity index (χ2n) is 4.65. The SMILES string of the molecule is CNCc1ccc(CN2CCCC2C)nc1. The highest BCUT2D eigenvalue weighted by Crippen LogP contribution is 2.18. The quantitative estimate of drug-likeness (QED) is 0.836. The summed E-state index contributed by atoms with van der Waals surface area (Å²) >= 11 is 0. The largest absolute Gasteiger partial charge is 0.316 e. The minimum absolute atomic E-state index is 0.721. The molecule has 1 unspecified atom stereocenters. The molecule has 2 heterocycles. The van der Waals surface area contributed by atoms with Gasteiger partial charge in [-0.15, -0.1) is 0 Å². The maximum atomic E-state index is 4.51. The molecular formula is C13H21N3. The van der Waals surface area contributed by atoms with Crippen molar-refractivity contribution in [2.24, 2.45) is 0 Å². The van der Waals surface area contributed by atoms with Crippen LogP contribution in [0.3, 0.4) is 0 Å². The first-order valence-electron chi connectivity index (χ1n) is 6.12. The van der Waals surface area contributed by atoms with Crippen molar-refractivity contribution in [3.8, 4) is 0 Å². The van der Waals surface area contributed by atoms with Gasteiger partial charge in [0.25, 0.3) is 0 Å². The van der Waals surface area contributed by atoms with E-state index in [4.69, 9.17) is 0 Å².